The number of benzene rings is 1. The van der Waals surface area contributed by atoms with Crippen molar-refractivity contribution < 1.29 is 23.1 Å². The van der Waals surface area contributed by atoms with Gasteiger partial charge in [-0.3, -0.25) is 0 Å². The standard InChI is InChI=1S/C12H7ClF3N3O2/c13-9-8(12(14,15)16)5-17-11(19-9)18-7-3-1-2-6(4-7)10(20)21/h1-5H,(H,20,21)(H,17,18,19). The van der Waals surface area contributed by atoms with Crippen LogP contribution in [0.3, 0.4) is 0 Å². The number of halogens is 4. The van der Waals surface area contributed by atoms with E-state index >= 15 is 0 Å². The SMILES string of the molecule is O=C(O)c1cccc(Nc2ncc(C(F)(F)F)c(Cl)n2)c1. The lowest BCUT2D eigenvalue weighted by Crippen LogP contribution is -2.09. The van der Waals surface area contributed by atoms with Crippen molar-refractivity contribution in [2.75, 3.05) is 5.32 Å². The van der Waals surface area contributed by atoms with Gasteiger partial charge in [0.25, 0.3) is 0 Å². The lowest BCUT2D eigenvalue weighted by Gasteiger charge is -2.10. The summed E-state index contributed by atoms with van der Waals surface area (Å²) in [4.78, 5) is 17.8. The van der Waals surface area contributed by atoms with E-state index in [4.69, 9.17) is 16.7 Å². The molecule has 9 heteroatoms. The molecule has 0 aliphatic carbocycles. The van der Waals surface area contributed by atoms with Crippen LogP contribution in [0.4, 0.5) is 24.8 Å². The fourth-order valence-corrected chi connectivity index (χ4v) is 1.71. The molecule has 0 atom stereocenters. The van der Waals surface area contributed by atoms with Crippen LogP contribution >= 0.6 is 11.6 Å². The van der Waals surface area contributed by atoms with E-state index in [1.807, 2.05) is 0 Å². The van der Waals surface area contributed by atoms with Crippen molar-refractivity contribution in [3.05, 3.63) is 46.7 Å². The van der Waals surface area contributed by atoms with Crippen molar-refractivity contribution in [3.63, 3.8) is 0 Å². The van der Waals surface area contributed by atoms with Crippen LogP contribution in [0.25, 0.3) is 0 Å². The molecule has 21 heavy (non-hydrogen) atoms. The van der Waals surface area contributed by atoms with Crippen LogP contribution in [0.15, 0.2) is 30.5 Å². The quantitative estimate of drug-likeness (QED) is 0.846. The second-order valence-corrected chi connectivity index (χ2v) is 4.26. The Bertz CT molecular complexity index is 692. The van der Waals surface area contributed by atoms with E-state index in [0.29, 0.717) is 11.9 Å². The zero-order chi connectivity index (χ0) is 15.6. The number of hydrogen-bond donors (Lipinski definition) is 2. The Labute approximate surface area is 121 Å². The highest BCUT2D eigenvalue weighted by Crippen LogP contribution is 2.33. The van der Waals surface area contributed by atoms with Crippen LogP contribution < -0.4 is 5.32 Å². The summed E-state index contributed by atoms with van der Waals surface area (Å²) in [6, 6.07) is 5.64. The summed E-state index contributed by atoms with van der Waals surface area (Å²) < 4.78 is 37.5. The number of nitrogens with one attached hydrogen (secondary N) is 1. The maximum Gasteiger partial charge on any atom is 0.420 e. The molecule has 1 heterocycles. The summed E-state index contributed by atoms with van der Waals surface area (Å²) in [5.41, 5.74) is -0.822. The first-order chi connectivity index (χ1) is 9.77. The van der Waals surface area contributed by atoms with E-state index in [0.717, 1.165) is 0 Å². The average molecular weight is 318 g/mol. The van der Waals surface area contributed by atoms with Crippen LogP contribution in [0, 0.1) is 0 Å². The highest BCUT2D eigenvalue weighted by atomic mass is 35.5. The van der Waals surface area contributed by atoms with E-state index < -0.39 is 22.9 Å². The molecule has 5 nitrogen and oxygen atoms in total. The Morgan fingerprint density at radius 2 is 2.05 bits per heavy atom. The molecule has 0 aliphatic heterocycles. The summed E-state index contributed by atoms with van der Waals surface area (Å²) in [6.45, 7) is 0. The van der Waals surface area contributed by atoms with Gasteiger partial charge in [0, 0.05) is 11.9 Å². The molecule has 1 aromatic carbocycles. The minimum Gasteiger partial charge on any atom is -0.478 e. The third-order valence-corrected chi connectivity index (χ3v) is 2.70. The maximum absolute atomic E-state index is 12.5. The molecular formula is C12H7ClF3N3O2. The molecule has 2 rings (SSSR count). The third-order valence-electron chi connectivity index (χ3n) is 2.41. The number of rotatable bonds is 3. The molecule has 0 fully saturated rings. The van der Waals surface area contributed by atoms with Crippen molar-refractivity contribution in [2.45, 2.75) is 6.18 Å². The molecular weight excluding hydrogens is 311 g/mol. The molecule has 0 bridgehead atoms. The van der Waals surface area contributed by atoms with E-state index in [1.54, 1.807) is 0 Å². The monoisotopic (exact) mass is 317 g/mol. The van der Waals surface area contributed by atoms with Gasteiger partial charge in [0.15, 0.2) is 0 Å². The molecule has 0 saturated carbocycles. The van der Waals surface area contributed by atoms with E-state index in [1.165, 1.54) is 24.3 Å². The molecule has 2 N–H and O–H groups in total. The smallest absolute Gasteiger partial charge is 0.420 e. The van der Waals surface area contributed by atoms with Crippen molar-refractivity contribution in [3.8, 4) is 0 Å². The molecule has 1 aromatic heterocycles. The van der Waals surface area contributed by atoms with Gasteiger partial charge in [-0.15, -0.1) is 0 Å². The zero-order valence-corrected chi connectivity index (χ0v) is 10.9. The minimum atomic E-state index is -4.64. The Balaban J connectivity index is 2.27. The van der Waals surface area contributed by atoms with Gasteiger partial charge in [-0.1, -0.05) is 17.7 Å². The van der Waals surface area contributed by atoms with Crippen molar-refractivity contribution >= 4 is 29.2 Å². The largest absolute Gasteiger partial charge is 0.478 e. The number of anilines is 2. The first kappa shape index (κ1) is 15.0. The van der Waals surface area contributed by atoms with Crippen LogP contribution in [0.1, 0.15) is 15.9 Å². The van der Waals surface area contributed by atoms with Gasteiger partial charge in [0.05, 0.1) is 5.56 Å². The summed E-state index contributed by atoms with van der Waals surface area (Å²) in [5, 5.41) is 10.7. The number of carbonyl (C=O) groups is 1. The minimum absolute atomic E-state index is 0.0120. The Kier molecular flexibility index (Phi) is 3.99. The molecule has 2 aromatic rings. The molecule has 0 unspecified atom stereocenters. The molecule has 0 amide bonds. The lowest BCUT2D eigenvalue weighted by molar-refractivity contribution is -0.137. The van der Waals surface area contributed by atoms with Gasteiger partial charge in [0.2, 0.25) is 5.95 Å². The van der Waals surface area contributed by atoms with E-state index in [-0.39, 0.29) is 11.5 Å². The predicted molar refractivity (Wildman–Crippen MR) is 68.7 cm³/mol. The number of carboxylic acids is 1. The molecule has 0 radical (unpaired) electrons. The van der Waals surface area contributed by atoms with Gasteiger partial charge < -0.3 is 10.4 Å². The van der Waals surface area contributed by atoms with Crippen LogP contribution in [0.2, 0.25) is 5.15 Å². The zero-order valence-electron chi connectivity index (χ0n) is 10.1. The van der Waals surface area contributed by atoms with Gasteiger partial charge in [-0.05, 0) is 18.2 Å². The average Bonchev–Trinajstić information content (AvgIpc) is 2.37. The highest BCUT2D eigenvalue weighted by molar-refractivity contribution is 6.30. The number of hydrogen-bond acceptors (Lipinski definition) is 4. The first-order valence-corrected chi connectivity index (χ1v) is 5.85. The summed E-state index contributed by atoms with van der Waals surface area (Å²) in [7, 11) is 0. The van der Waals surface area contributed by atoms with E-state index in [2.05, 4.69) is 15.3 Å². The van der Waals surface area contributed by atoms with Crippen molar-refractivity contribution in [1.82, 2.24) is 9.97 Å². The predicted octanol–water partition coefficient (Wildman–Crippen LogP) is 3.59. The number of carboxylic acid groups (broad SMARTS) is 1. The number of alkyl halides is 3. The van der Waals surface area contributed by atoms with Crippen LogP contribution in [0.5, 0.6) is 0 Å². The number of aromatic carboxylic acids is 1. The molecule has 0 spiro atoms. The van der Waals surface area contributed by atoms with Gasteiger partial charge >= 0.3 is 12.1 Å². The van der Waals surface area contributed by atoms with E-state index in [9.17, 15) is 18.0 Å². The summed E-state index contributed by atoms with van der Waals surface area (Å²) >= 11 is 5.46. The number of nitrogens with zero attached hydrogens (tertiary/aromatic N) is 2. The Morgan fingerprint density at radius 3 is 2.62 bits per heavy atom. The van der Waals surface area contributed by atoms with Crippen LogP contribution in [-0.4, -0.2) is 21.0 Å². The van der Waals surface area contributed by atoms with Crippen molar-refractivity contribution in [1.29, 1.82) is 0 Å². The fourth-order valence-electron chi connectivity index (χ4n) is 1.47. The second kappa shape index (κ2) is 5.57. The summed E-state index contributed by atoms with van der Waals surface area (Å²) in [5.74, 6) is -1.31. The second-order valence-electron chi connectivity index (χ2n) is 3.91. The maximum atomic E-state index is 12.5. The summed E-state index contributed by atoms with van der Waals surface area (Å²) in [6.07, 6.45) is -4.09. The fraction of sp³-hybridized carbons (Fsp3) is 0.0833. The van der Waals surface area contributed by atoms with Gasteiger partial charge in [-0.2, -0.15) is 13.2 Å². The molecule has 110 valence electrons. The lowest BCUT2D eigenvalue weighted by atomic mass is 10.2. The van der Waals surface area contributed by atoms with Gasteiger partial charge in [-0.25, -0.2) is 14.8 Å². The number of aromatic nitrogens is 2. The van der Waals surface area contributed by atoms with Gasteiger partial charge in [0.1, 0.15) is 10.7 Å². The van der Waals surface area contributed by atoms with Crippen LogP contribution in [-0.2, 0) is 6.18 Å². The first-order valence-electron chi connectivity index (χ1n) is 5.47. The Hall–Kier alpha value is -2.35. The topological polar surface area (TPSA) is 75.1 Å². The third kappa shape index (κ3) is 3.60. The van der Waals surface area contributed by atoms with Crippen molar-refractivity contribution in [2.24, 2.45) is 0 Å². The Morgan fingerprint density at radius 1 is 1.33 bits per heavy atom. The normalized spacial score (nSPS) is 11.2. The highest BCUT2D eigenvalue weighted by Gasteiger charge is 2.34. The molecule has 0 aliphatic rings. The molecule has 0 saturated heterocycles.